The number of carboxylic acids is 1. The highest BCUT2D eigenvalue weighted by molar-refractivity contribution is 5.88. The van der Waals surface area contributed by atoms with Gasteiger partial charge in [0.05, 0.1) is 5.41 Å². The van der Waals surface area contributed by atoms with Crippen molar-refractivity contribution in [1.29, 1.82) is 0 Å². The Morgan fingerprint density at radius 3 is 2.35 bits per heavy atom. The number of hydrogen-bond acceptors (Lipinski definition) is 5. The Morgan fingerprint density at radius 2 is 1.90 bits per heavy atom. The zero-order valence-corrected chi connectivity index (χ0v) is 11.3. The van der Waals surface area contributed by atoms with Crippen LogP contribution in [0.5, 0.6) is 0 Å². The summed E-state index contributed by atoms with van der Waals surface area (Å²) < 4.78 is 5.20. The Labute approximate surface area is 116 Å². The molecule has 20 heavy (non-hydrogen) atoms. The lowest BCUT2D eigenvalue weighted by molar-refractivity contribution is -0.146. The van der Waals surface area contributed by atoms with E-state index in [0.717, 1.165) is 0 Å². The molecule has 8 heteroatoms. The van der Waals surface area contributed by atoms with Crippen molar-refractivity contribution in [2.75, 3.05) is 19.8 Å². The maximum absolute atomic E-state index is 12.3. The molecule has 0 aliphatic carbocycles. The van der Waals surface area contributed by atoms with E-state index in [-0.39, 0.29) is 19.4 Å². The molecule has 1 aliphatic heterocycles. The first-order chi connectivity index (χ1) is 9.41. The molecular weight excluding hydrogens is 266 g/mol. The molecule has 0 radical (unpaired) electrons. The molecule has 0 unspecified atom stereocenters. The minimum absolute atomic E-state index is 0.0342. The van der Waals surface area contributed by atoms with Gasteiger partial charge in [-0.15, -0.1) is 0 Å². The number of rotatable bonds is 7. The van der Waals surface area contributed by atoms with Crippen LogP contribution in [0.15, 0.2) is 0 Å². The Hall–Kier alpha value is -1.67. The zero-order valence-electron chi connectivity index (χ0n) is 11.3. The van der Waals surface area contributed by atoms with E-state index < -0.39 is 29.2 Å². The van der Waals surface area contributed by atoms with Crippen molar-refractivity contribution in [2.45, 2.75) is 31.7 Å². The number of amides is 2. The van der Waals surface area contributed by atoms with Crippen molar-refractivity contribution in [3.8, 4) is 0 Å². The van der Waals surface area contributed by atoms with Gasteiger partial charge in [-0.25, -0.2) is 4.79 Å². The van der Waals surface area contributed by atoms with Gasteiger partial charge in [0.1, 0.15) is 6.04 Å². The molecule has 114 valence electrons. The molecule has 1 atom stereocenters. The quantitative estimate of drug-likeness (QED) is 0.452. The lowest BCUT2D eigenvalue weighted by Crippen LogP contribution is -2.53. The van der Waals surface area contributed by atoms with E-state index in [9.17, 15) is 14.4 Å². The number of nitrogens with one attached hydrogen (secondary N) is 1. The molecule has 0 saturated carbocycles. The topological polar surface area (TPSA) is 145 Å². The van der Waals surface area contributed by atoms with Crippen LogP contribution in [0.2, 0.25) is 0 Å². The van der Waals surface area contributed by atoms with Crippen LogP contribution in [0.4, 0.5) is 0 Å². The van der Waals surface area contributed by atoms with Crippen molar-refractivity contribution >= 4 is 17.8 Å². The number of carbonyl (C=O) groups is 3. The normalized spacial score (nSPS) is 19.1. The third kappa shape index (κ3) is 4.17. The summed E-state index contributed by atoms with van der Waals surface area (Å²) >= 11 is 0. The van der Waals surface area contributed by atoms with Crippen molar-refractivity contribution in [3.05, 3.63) is 0 Å². The zero-order chi connectivity index (χ0) is 15.2. The van der Waals surface area contributed by atoms with E-state index in [1.54, 1.807) is 0 Å². The first kappa shape index (κ1) is 16.4. The van der Waals surface area contributed by atoms with E-state index in [1.165, 1.54) is 0 Å². The Morgan fingerprint density at radius 1 is 1.30 bits per heavy atom. The molecule has 0 aromatic heterocycles. The summed E-state index contributed by atoms with van der Waals surface area (Å²) in [4.78, 5) is 34.1. The number of carboxylic acid groups (broad SMARTS) is 1. The monoisotopic (exact) mass is 287 g/mol. The molecule has 6 N–H and O–H groups in total. The molecule has 1 aliphatic rings. The second kappa shape index (κ2) is 7.20. The number of carbonyl (C=O) groups excluding carboxylic acids is 2. The third-order valence-electron chi connectivity index (χ3n) is 3.61. The molecule has 0 bridgehead atoms. The lowest BCUT2D eigenvalue weighted by Gasteiger charge is -2.35. The highest BCUT2D eigenvalue weighted by atomic mass is 16.5. The van der Waals surface area contributed by atoms with Gasteiger partial charge < -0.3 is 26.6 Å². The number of primary amides is 1. The molecule has 1 fully saturated rings. The minimum Gasteiger partial charge on any atom is -0.480 e. The van der Waals surface area contributed by atoms with Crippen LogP contribution in [0.25, 0.3) is 0 Å². The Bertz CT molecular complexity index is 379. The van der Waals surface area contributed by atoms with E-state index in [0.29, 0.717) is 26.1 Å². The minimum atomic E-state index is -1.20. The molecule has 2 amide bonds. The smallest absolute Gasteiger partial charge is 0.326 e. The summed E-state index contributed by atoms with van der Waals surface area (Å²) in [6.45, 7) is 0.970. The van der Waals surface area contributed by atoms with E-state index in [4.69, 9.17) is 21.3 Å². The van der Waals surface area contributed by atoms with Gasteiger partial charge in [0, 0.05) is 26.2 Å². The van der Waals surface area contributed by atoms with Crippen LogP contribution < -0.4 is 16.8 Å². The molecule has 8 nitrogen and oxygen atoms in total. The summed E-state index contributed by atoms with van der Waals surface area (Å²) in [6.07, 6.45) is 0.776. The number of hydrogen-bond donors (Lipinski definition) is 4. The lowest BCUT2D eigenvalue weighted by atomic mass is 9.79. The van der Waals surface area contributed by atoms with Crippen LogP contribution in [0, 0.1) is 5.41 Å². The van der Waals surface area contributed by atoms with E-state index in [1.807, 2.05) is 0 Å². The van der Waals surface area contributed by atoms with Crippen LogP contribution in [0.1, 0.15) is 25.7 Å². The largest absolute Gasteiger partial charge is 0.480 e. The second-order valence-electron chi connectivity index (χ2n) is 4.97. The van der Waals surface area contributed by atoms with Gasteiger partial charge in [-0.1, -0.05) is 0 Å². The van der Waals surface area contributed by atoms with Crippen molar-refractivity contribution in [1.82, 2.24) is 5.32 Å². The van der Waals surface area contributed by atoms with Gasteiger partial charge in [-0.05, 0) is 19.3 Å². The molecule has 1 heterocycles. The number of ether oxygens (including phenoxy) is 1. The number of aliphatic carboxylic acids is 1. The van der Waals surface area contributed by atoms with Gasteiger partial charge in [0.25, 0.3) is 0 Å². The summed E-state index contributed by atoms with van der Waals surface area (Å²) in [7, 11) is 0. The molecular formula is C12H21N3O5. The van der Waals surface area contributed by atoms with Crippen LogP contribution in [-0.4, -0.2) is 48.7 Å². The van der Waals surface area contributed by atoms with Gasteiger partial charge in [-0.2, -0.15) is 0 Å². The molecule has 1 rings (SSSR count). The first-order valence-corrected chi connectivity index (χ1v) is 6.51. The maximum Gasteiger partial charge on any atom is 0.326 e. The van der Waals surface area contributed by atoms with Crippen molar-refractivity contribution < 1.29 is 24.2 Å². The van der Waals surface area contributed by atoms with E-state index >= 15 is 0 Å². The Kier molecular flexibility index (Phi) is 5.90. The highest BCUT2D eigenvalue weighted by Crippen LogP contribution is 2.29. The summed E-state index contributed by atoms with van der Waals surface area (Å²) in [5.74, 6) is -2.20. The summed E-state index contributed by atoms with van der Waals surface area (Å²) in [6, 6.07) is -1.14. The van der Waals surface area contributed by atoms with Gasteiger partial charge in [0.15, 0.2) is 0 Å². The fourth-order valence-electron chi connectivity index (χ4n) is 2.14. The SMILES string of the molecule is NCC1(C(=O)N[C@H](CCC(N)=O)C(=O)O)CCOCC1. The standard InChI is InChI=1S/C12H21N3O5/c13-7-12(3-5-20-6-4-12)11(19)15-8(10(17)18)1-2-9(14)16/h8H,1-7,13H2,(H2,14,16)(H,15,19)(H,17,18)/t8-/m1/s1. The van der Waals surface area contributed by atoms with Crippen molar-refractivity contribution in [3.63, 3.8) is 0 Å². The van der Waals surface area contributed by atoms with E-state index in [2.05, 4.69) is 5.32 Å². The van der Waals surface area contributed by atoms with Crippen LogP contribution in [-0.2, 0) is 19.1 Å². The number of nitrogens with two attached hydrogens (primary N) is 2. The van der Waals surface area contributed by atoms with Crippen molar-refractivity contribution in [2.24, 2.45) is 16.9 Å². The average Bonchev–Trinajstić information content (AvgIpc) is 2.43. The van der Waals surface area contributed by atoms with Gasteiger partial charge >= 0.3 is 5.97 Å². The second-order valence-corrected chi connectivity index (χ2v) is 4.97. The third-order valence-corrected chi connectivity index (χ3v) is 3.61. The molecule has 0 aromatic rings. The Balaban J connectivity index is 2.68. The highest BCUT2D eigenvalue weighted by Gasteiger charge is 2.40. The molecule has 1 saturated heterocycles. The maximum atomic E-state index is 12.3. The average molecular weight is 287 g/mol. The fraction of sp³-hybridized carbons (Fsp3) is 0.750. The summed E-state index contributed by atoms with van der Waals surface area (Å²) in [5.41, 5.74) is 9.87. The summed E-state index contributed by atoms with van der Waals surface area (Å²) in [5, 5.41) is 11.5. The van der Waals surface area contributed by atoms with Crippen LogP contribution in [0.3, 0.4) is 0 Å². The van der Waals surface area contributed by atoms with Gasteiger partial charge in [0.2, 0.25) is 11.8 Å². The fourth-order valence-corrected chi connectivity index (χ4v) is 2.14. The molecule has 0 aromatic carbocycles. The predicted molar refractivity (Wildman–Crippen MR) is 69.5 cm³/mol. The first-order valence-electron chi connectivity index (χ1n) is 6.51. The van der Waals surface area contributed by atoms with Crippen LogP contribution >= 0.6 is 0 Å². The van der Waals surface area contributed by atoms with Gasteiger partial charge in [-0.3, -0.25) is 9.59 Å². The molecule has 0 spiro atoms. The predicted octanol–water partition coefficient (Wildman–Crippen LogP) is -1.42.